The fourth-order valence-corrected chi connectivity index (χ4v) is 1.82. The average Bonchev–Trinajstić information content (AvgIpc) is 2.43. The molecule has 0 bridgehead atoms. The molecule has 1 aromatic rings. The van der Waals surface area contributed by atoms with Crippen LogP contribution in [0.3, 0.4) is 0 Å². The minimum Gasteiger partial charge on any atom is -0.337 e. The Kier molecular flexibility index (Phi) is 4.88. The molecule has 0 unspecified atom stereocenters. The third-order valence-electron chi connectivity index (χ3n) is 3.82. The first-order chi connectivity index (χ1) is 9.56. The van der Waals surface area contributed by atoms with Gasteiger partial charge in [0, 0.05) is 12.6 Å². The van der Waals surface area contributed by atoms with Crippen molar-refractivity contribution in [3.05, 3.63) is 29.3 Å². The van der Waals surface area contributed by atoms with Gasteiger partial charge in [0.05, 0.1) is 16.8 Å². The van der Waals surface area contributed by atoms with Crippen LogP contribution in [0.1, 0.15) is 43.1 Å². The number of amides is 1. The maximum Gasteiger partial charge on any atom is 0.418 e. The third-order valence-corrected chi connectivity index (χ3v) is 3.82. The summed E-state index contributed by atoms with van der Waals surface area (Å²) >= 11 is 0. The Hall–Kier alpha value is -1.76. The molecule has 0 fully saturated rings. The fraction of sp³-hybridized carbons (Fsp3) is 0.500. The monoisotopic (exact) mass is 303 g/mol. The molecule has 0 radical (unpaired) electrons. The van der Waals surface area contributed by atoms with Crippen molar-refractivity contribution in [2.45, 2.75) is 38.9 Å². The molecule has 0 heterocycles. The first-order valence-corrected chi connectivity index (χ1v) is 6.51. The van der Waals surface area contributed by atoms with E-state index in [1.54, 1.807) is 7.05 Å². The number of nitrogens with one attached hydrogen (secondary N) is 1. The molecule has 1 rings (SSSR count). The lowest BCUT2D eigenvalue weighted by atomic mass is 9.97. The molecule has 0 aliphatic heterocycles. The van der Waals surface area contributed by atoms with Gasteiger partial charge in [0.25, 0.3) is 5.91 Å². The first kappa shape index (κ1) is 17.3. The molecule has 7 heteroatoms. The maximum absolute atomic E-state index is 13.0. The summed E-state index contributed by atoms with van der Waals surface area (Å²) in [6, 6.07) is 3.41. The predicted molar refractivity (Wildman–Crippen MR) is 75.7 cm³/mol. The van der Waals surface area contributed by atoms with E-state index < -0.39 is 28.9 Å². The summed E-state index contributed by atoms with van der Waals surface area (Å²) in [5.74, 6) is 4.69. The van der Waals surface area contributed by atoms with E-state index in [4.69, 9.17) is 5.84 Å². The van der Waals surface area contributed by atoms with Crippen LogP contribution in [-0.2, 0) is 6.18 Å². The molecule has 0 spiro atoms. The van der Waals surface area contributed by atoms with Crippen LogP contribution in [0.15, 0.2) is 18.2 Å². The molecule has 0 saturated heterocycles. The Morgan fingerprint density at radius 2 is 1.90 bits per heavy atom. The van der Waals surface area contributed by atoms with E-state index in [2.05, 4.69) is 0 Å². The highest BCUT2D eigenvalue weighted by molar-refractivity contribution is 6.00. The van der Waals surface area contributed by atoms with Crippen LogP contribution < -0.4 is 11.3 Å². The number of halogens is 3. The van der Waals surface area contributed by atoms with Crippen molar-refractivity contribution in [3.63, 3.8) is 0 Å². The van der Waals surface area contributed by atoms with Crippen LogP contribution in [0.25, 0.3) is 0 Å². The van der Waals surface area contributed by atoms with E-state index in [1.165, 1.54) is 17.0 Å². The number of rotatable bonds is 4. The molecular formula is C14H20F3N3O. The zero-order valence-corrected chi connectivity index (χ0v) is 12.5. The van der Waals surface area contributed by atoms with Gasteiger partial charge in [-0.3, -0.25) is 10.6 Å². The topological polar surface area (TPSA) is 58.4 Å². The number of hydrogen-bond donors (Lipinski definition) is 2. The number of nitrogen functional groups attached to an aromatic ring is 1. The second-order valence-corrected chi connectivity index (χ2v) is 5.40. The molecule has 0 saturated carbocycles. The third kappa shape index (κ3) is 3.47. The molecule has 0 aliphatic carbocycles. The summed E-state index contributed by atoms with van der Waals surface area (Å²) in [5, 5.41) is 0. The smallest absolute Gasteiger partial charge is 0.337 e. The van der Waals surface area contributed by atoms with Gasteiger partial charge in [-0.05, 0) is 32.4 Å². The molecule has 3 N–H and O–H groups in total. The van der Waals surface area contributed by atoms with Gasteiger partial charge in [-0.1, -0.05) is 13.0 Å². The van der Waals surface area contributed by atoms with Crippen LogP contribution in [-0.4, -0.2) is 23.4 Å². The largest absolute Gasteiger partial charge is 0.418 e. The van der Waals surface area contributed by atoms with Gasteiger partial charge >= 0.3 is 6.18 Å². The van der Waals surface area contributed by atoms with Crippen LogP contribution in [0.5, 0.6) is 0 Å². The second kappa shape index (κ2) is 5.93. The zero-order chi connectivity index (χ0) is 16.4. The van der Waals surface area contributed by atoms with E-state index in [-0.39, 0.29) is 5.56 Å². The van der Waals surface area contributed by atoms with Crippen molar-refractivity contribution < 1.29 is 18.0 Å². The average molecular weight is 303 g/mol. The number of alkyl halides is 3. The van der Waals surface area contributed by atoms with Gasteiger partial charge in [-0.15, -0.1) is 0 Å². The van der Waals surface area contributed by atoms with Crippen molar-refractivity contribution in [3.8, 4) is 0 Å². The Balaban J connectivity index is 3.35. The van der Waals surface area contributed by atoms with Gasteiger partial charge in [-0.2, -0.15) is 13.2 Å². The normalized spacial score (nSPS) is 12.2. The maximum atomic E-state index is 13.0. The van der Waals surface area contributed by atoms with Crippen molar-refractivity contribution in [1.29, 1.82) is 0 Å². The molecule has 1 amide bonds. The highest BCUT2D eigenvalue weighted by Gasteiger charge is 2.36. The number of hydrazine groups is 1. The summed E-state index contributed by atoms with van der Waals surface area (Å²) in [6.07, 6.45) is -3.92. The van der Waals surface area contributed by atoms with E-state index in [0.717, 1.165) is 6.07 Å². The Morgan fingerprint density at radius 1 is 1.33 bits per heavy atom. The zero-order valence-electron chi connectivity index (χ0n) is 12.5. The standard InChI is InChI=1S/C14H20F3N3O/c1-5-13(2,3)20(4)12(21)9-7-6-8-10(11(9)19-18)14(15,16)17/h6-8,19H,5,18H2,1-4H3. The first-order valence-electron chi connectivity index (χ1n) is 6.51. The van der Waals surface area contributed by atoms with Crippen molar-refractivity contribution in [1.82, 2.24) is 4.90 Å². The van der Waals surface area contributed by atoms with Crippen LogP contribution in [0.4, 0.5) is 18.9 Å². The molecule has 21 heavy (non-hydrogen) atoms. The van der Waals surface area contributed by atoms with E-state index in [0.29, 0.717) is 6.42 Å². The predicted octanol–water partition coefficient (Wildman–Crippen LogP) is 3.25. The van der Waals surface area contributed by atoms with Gasteiger partial charge in [-0.25, -0.2) is 0 Å². The molecular weight excluding hydrogens is 283 g/mol. The molecule has 0 atom stereocenters. The lowest BCUT2D eigenvalue weighted by molar-refractivity contribution is -0.137. The summed E-state index contributed by atoms with van der Waals surface area (Å²) in [7, 11) is 1.56. The second-order valence-electron chi connectivity index (χ2n) is 5.40. The van der Waals surface area contributed by atoms with Crippen molar-refractivity contribution >= 4 is 11.6 Å². The van der Waals surface area contributed by atoms with E-state index >= 15 is 0 Å². The van der Waals surface area contributed by atoms with Crippen LogP contribution in [0.2, 0.25) is 0 Å². The number of carbonyl (C=O) groups excluding carboxylic acids is 1. The van der Waals surface area contributed by atoms with Crippen LogP contribution in [0, 0.1) is 0 Å². The highest BCUT2D eigenvalue weighted by Crippen LogP contribution is 2.37. The quantitative estimate of drug-likeness (QED) is 0.663. The van der Waals surface area contributed by atoms with Gasteiger partial charge in [0.2, 0.25) is 0 Å². The Bertz CT molecular complexity index is 527. The van der Waals surface area contributed by atoms with Gasteiger partial charge in [0.1, 0.15) is 0 Å². The Labute approximate surface area is 122 Å². The van der Waals surface area contributed by atoms with Crippen molar-refractivity contribution in [2.75, 3.05) is 12.5 Å². The molecule has 0 aliphatic rings. The SMILES string of the molecule is CCC(C)(C)N(C)C(=O)c1cccc(C(F)(F)F)c1NN. The number of para-hydroxylation sites is 1. The minimum atomic E-state index is -4.59. The molecule has 4 nitrogen and oxygen atoms in total. The highest BCUT2D eigenvalue weighted by atomic mass is 19.4. The number of hydrogen-bond acceptors (Lipinski definition) is 3. The minimum absolute atomic E-state index is 0.101. The Morgan fingerprint density at radius 3 is 2.33 bits per heavy atom. The van der Waals surface area contributed by atoms with Gasteiger partial charge < -0.3 is 10.3 Å². The number of nitrogens with zero attached hydrogens (tertiary/aromatic N) is 1. The fourth-order valence-electron chi connectivity index (χ4n) is 1.82. The van der Waals surface area contributed by atoms with Gasteiger partial charge in [0.15, 0.2) is 0 Å². The van der Waals surface area contributed by atoms with Crippen molar-refractivity contribution in [2.24, 2.45) is 5.84 Å². The number of carbonyl (C=O) groups is 1. The van der Waals surface area contributed by atoms with E-state index in [9.17, 15) is 18.0 Å². The van der Waals surface area contributed by atoms with E-state index in [1.807, 2.05) is 26.2 Å². The van der Waals surface area contributed by atoms with Crippen LogP contribution >= 0.6 is 0 Å². The number of anilines is 1. The summed E-state index contributed by atoms with van der Waals surface area (Å²) in [4.78, 5) is 13.9. The molecule has 118 valence electrons. The lowest BCUT2D eigenvalue weighted by Gasteiger charge is -2.35. The number of nitrogens with two attached hydrogens (primary N) is 1. The number of benzene rings is 1. The molecule has 1 aromatic carbocycles. The summed E-state index contributed by atoms with van der Waals surface area (Å²) in [5.41, 5.74) is 0.0646. The molecule has 0 aromatic heterocycles. The lowest BCUT2D eigenvalue weighted by Crippen LogP contribution is -2.44. The summed E-state index contributed by atoms with van der Waals surface area (Å²) < 4.78 is 38.9. The summed E-state index contributed by atoms with van der Waals surface area (Å²) in [6.45, 7) is 5.58.